The van der Waals surface area contributed by atoms with Crippen molar-refractivity contribution in [1.82, 2.24) is 9.21 Å². The average molecular weight is 418 g/mol. The number of hydrogen-bond acceptors (Lipinski definition) is 5. The third-order valence-corrected chi connectivity index (χ3v) is 7.23. The molecule has 1 amide bonds. The van der Waals surface area contributed by atoms with Crippen molar-refractivity contribution in [3.05, 3.63) is 59.7 Å². The molecule has 1 heterocycles. The van der Waals surface area contributed by atoms with Gasteiger partial charge in [0.05, 0.1) is 10.6 Å². The first kappa shape index (κ1) is 20.6. The van der Waals surface area contributed by atoms with Gasteiger partial charge in [0.15, 0.2) is 5.17 Å². The first-order chi connectivity index (χ1) is 13.2. The Morgan fingerprint density at radius 2 is 1.86 bits per heavy atom. The lowest BCUT2D eigenvalue weighted by atomic mass is 10.1. The second-order valence-corrected chi connectivity index (χ2v) is 10.4. The van der Waals surface area contributed by atoms with E-state index in [1.807, 2.05) is 38.1 Å². The smallest absolute Gasteiger partial charge is 0.259 e. The Hall–Kier alpha value is -2.16. The zero-order chi connectivity index (χ0) is 20.5. The lowest BCUT2D eigenvalue weighted by Gasteiger charge is -2.16. The highest BCUT2D eigenvalue weighted by Crippen LogP contribution is 2.30. The Labute approximate surface area is 170 Å². The van der Waals surface area contributed by atoms with Gasteiger partial charge in [0.1, 0.15) is 0 Å². The molecule has 0 bridgehead atoms. The van der Waals surface area contributed by atoms with E-state index in [2.05, 4.69) is 4.99 Å². The summed E-state index contributed by atoms with van der Waals surface area (Å²) in [5.74, 6) is -0.104. The Bertz CT molecular complexity index is 1020. The summed E-state index contributed by atoms with van der Waals surface area (Å²) in [6.07, 6.45) is 0. The number of amidine groups is 1. The number of rotatable bonds is 4. The third kappa shape index (κ3) is 4.29. The fourth-order valence-electron chi connectivity index (χ4n) is 2.76. The molecule has 0 unspecified atom stereocenters. The van der Waals surface area contributed by atoms with E-state index < -0.39 is 10.0 Å². The van der Waals surface area contributed by atoms with Crippen LogP contribution in [0.5, 0.6) is 0 Å². The molecule has 0 saturated carbocycles. The van der Waals surface area contributed by atoms with Crippen LogP contribution < -0.4 is 0 Å². The molecular formula is C20H23N3O3S2. The largest absolute Gasteiger partial charge is 0.286 e. The summed E-state index contributed by atoms with van der Waals surface area (Å²) in [6.45, 7) is 4.57. The van der Waals surface area contributed by atoms with E-state index in [1.165, 1.54) is 36.2 Å². The number of carbonyl (C=O) groups is 1. The summed E-state index contributed by atoms with van der Waals surface area (Å²) in [6, 6.07) is 13.9. The van der Waals surface area contributed by atoms with E-state index >= 15 is 0 Å². The van der Waals surface area contributed by atoms with Gasteiger partial charge in [-0.2, -0.15) is 0 Å². The Morgan fingerprint density at radius 1 is 1.18 bits per heavy atom. The van der Waals surface area contributed by atoms with Crippen LogP contribution in [0.4, 0.5) is 5.69 Å². The summed E-state index contributed by atoms with van der Waals surface area (Å²) < 4.78 is 25.9. The van der Waals surface area contributed by atoms with Crippen molar-refractivity contribution in [2.45, 2.75) is 24.0 Å². The molecule has 0 aromatic heterocycles. The molecule has 0 spiro atoms. The van der Waals surface area contributed by atoms with Crippen molar-refractivity contribution in [3.8, 4) is 0 Å². The number of aliphatic imine (C=N–C) groups is 1. The molecule has 1 saturated heterocycles. The zero-order valence-electron chi connectivity index (χ0n) is 16.3. The number of aryl methyl sites for hydroxylation is 1. The highest BCUT2D eigenvalue weighted by Gasteiger charge is 2.31. The van der Waals surface area contributed by atoms with Crippen LogP contribution in [0.15, 0.2) is 58.4 Å². The highest BCUT2D eigenvalue weighted by molar-refractivity contribution is 8.14. The molecule has 2 aromatic carbocycles. The molecule has 8 heteroatoms. The van der Waals surface area contributed by atoms with Gasteiger partial charge < -0.3 is 0 Å². The molecule has 0 N–H and O–H groups in total. The first-order valence-corrected chi connectivity index (χ1v) is 11.2. The molecule has 1 aliphatic heterocycles. The van der Waals surface area contributed by atoms with E-state index in [9.17, 15) is 13.2 Å². The number of amides is 1. The summed E-state index contributed by atoms with van der Waals surface area (Å²) >= 11 is 1.51. The Kier molecular flexibility index (Phi) is 5.92. The zero-order valence-corrected chi connectivity index (χ0v) is 17.9. The number of hydrogen-bond donors (Lipinski definition) is 0. The molecule has 1 atom stereocenters. The minimum absolute atomic E-state index is 0.104. The lowest BCUT2D eigenvalue weighted by Crippen LogP contribution is -2.32. The Morgan fingerprint density at radius 3 is 2.50 bits per heavy atom. The minimum atomic E-state index is -3.54. The first-order valence-electron chi connectivity index (χ1n) is 8.85. The molecular weight excluding hydrogens is 394 g/mol. The molecule has 1 aliphatic rings. The molecule has 0 aliphatic carbocycles. The molecule has 28 heavy (non-hydrogen) atoms. The maximum Gasteiger partial charge on any atom is 0.259 e. The van der Waals surface area contributed by atoms with E-state index in [1.54, 1.807) is 23.1 Å². The summed E-state index contributed by atoms with van der Waals surface area (Å²) in [4.78, 5) is 19.4. The molecule has 148 valence electrons. The third-order valence-electron chi connectivity index (χ3n) is 4.34. The molecule has 2 aromatic rings. The van der Waals surface area contributed by atoms with Crippen LogP contribution in [0.3, 0.4) is 0 Å². The summed E-state index contributed by atoms with van der Waals surface area (Å²) in [5.41, 5.74) is 2.20. The van der Waals surface area contributed by atoms with Gasteiger partial charge in [-0.05, 0) is 37.3 Å². The second kappa shape index (κ2) is 8.06. The fraction of sp³-hybridized carbons (Fsp3) is 0.300. The summed E-state index contributed by atoms with van der Waals surface area (Å²) in [5, 5.41) is 0.791. The maximum absolute atomic E-state index is 12.9. The van der Waals surface area contributed by atoms with Gasteiger partial charge in [-0.1, -0.05) is 42.4 Å². The predicted octanol–water partition coefficient (Wildman–Crippen LogP) is 3.51. The van der Waals surface area contributed by atoms with Crippen LogP contribution in [-0.2, 0) is 10.0 Å². The van der Waals surface area contributed by atoms with E-state index in [0.717, 1.165) is 5.56 Å². The van der Waals surface area contributed by atoms with Gasteiger partial charge in [-0.15, -0.1) is 0 Å². The second-order valence-electron chi connectivity index (χ2n) is 6.89. The standard InChI is InChI=1S/C20H23N3O3S2/c1-14-8-10-16(11-9-14)19(24)23-13-15(2)27-20(23)21-17-6-5-7-18(12-17)28(25,26)22(3)4/h5-12,15H,13H2,1-4H3/t15-/m0/s1. The van der Waals surface area contributed by atoms with Gasteiger partial charge in [-0.25, -0.2) is 17.7 Å². The van der Waals surface area contributed by atoms with Gasteiger partial charge in [0, 0.05) is 31.5 Å². The van der Waals surface area contributed by atoms with E-state index in [4.69, 9.17) is 0 Å². The molecule has 0 radical (unpaired) electrons. The summed E-state index contributed by atoms with van der Waals surface area (Å²) in [7, 11) is -0.563. The fourth-order valence-corrected chi connectivity index (χ4v) is 4.73. The van der Waals surface area contributed by atoms with Crippen LogP contribution in [-0.4, -0.2) is 54.6 Å². The van der Waals surface area contributed by atoms with E-state index in [0.29, 0.717) is 23.0 Å². The van der Waals surface area contributed by atoms with Crippen molar-refractivity contribution in [2.24, 2.45) is 4.99 Å². The molecule has 6 nitrogen and oxygen atoms in total. The number of thioether (sulfide) groups is 1. The maximum atomic E-state index is 12.9. The topological polar surface area (TPSA) is 70.0 Å². The van der Waals surface area contributed by atoms with Crippen LogP contribution in [0.2, 0.25) is 0 Å². The molecule has 1 fully saturated rings. The van der Waals surface area contributed by atoms with Gasteiger partial charge in [0.2, 0.25) is 10.0 Å². The van der Waals surface area contributed by atoms with Crippen LogP contribution in [0, 0.1) is 6.92 Å². The van der Waals surface area contributed by atoms with Crippen molar-refractivity contribution in [3.63, 3.8) is 0 Å². The predicted molar refractivity (Wildman–Crippen MR) is 114 cm³/mol. The van der Waals surface area contributed by atoms with E-state index in [-0.39, 0.29) is 16.1 Å². The SMILES string of the molecule is Cc1ccc(C(=O)N2C[C@H](C)SC2=Nc2cccc(S(=O)(=O)N(C)C)c2)cc1. The number of carbonyl (C=O) groups excluding carboxylic acids is 1. The van der Waals surface area contributed by atoms with Crippen molar-refractivity contribution >= 4 is 38.5 Å². The minimum Gasteiger partial charge on any atom is -0.286 e. The van der Waals surface area contributed by atoms with Gasteiger partial charge in [0.25, 0.3) is 5.91 Å². The normalized spacial score (nSPS) is 18.8. The lowest BCUT2D eigenvalue weighted by molar-refractivity contribution is 0.0855. The number of nitrogens with zero attached hydrogens (tertiary/aromatic N) is 3. The number of benzene rings is 2. The molecule has 3 rings (SSSR count). The van der Waals surface area contributed by atoms with Crippen molar-refractivity contribution in [2.75, 3.05) is 20.6 Å². The average Bonchev–Trinajstić information content (AvgIpc) is 3.02. The highest BCUT2D eigenvalue weighted by atomic mass is 32.2. The monoisotopic (exact) mass is 417 g/mol. The van der Waals surface area contributed by atoms with Gasteiger partial charge in [-0.3, -0.25) is 9.69 Å². The van der Waals surface area contributed by atoms with Crippen molar-refractivity contribution in [1.29, 1.82) is 0 Å². The number of sulfonamides is 1. The van der Waals surface area contributed by atoms with Gasteiger partial charge >= 0.3 is 0 Å². The van der Waals surface area contributed by atoms with Crippen LogP contribution in [0.25, 0.3) is 0 Å². The quantitative estimate of drug-likeness (QED) is 0.763. The van der Waals surface area contributed by atoms with Crippen LogP contribution in [0.1, 0.15) is 22.8 Å². The van der Waals surface area contributed by atoms with Crippen molar-refractivity contribution < 1.29 is 13.2 Å². The Balaban J connectivity index is 1.94. The van der Waals surface area contributed by atoms with Crippen LogP contribution >= 0.6 is 11.8 Å².